The van der Waals surface area contributed by atoms with Crippen molar-refractivity contribution in [3.63, 3.8) is 0 Å². The number of piperidine rings is 1. The average Bonchev–Trinajstić information content (AvgIpc) is 2.41. The summed E-state index contributed by atoms with van der Waals surface area (Å²) < 4.78 is 12.9. The molecule has 5 heteroatoms. The van der Waals surface area contributed by atoms with Crippen molar-refractivity contribution in [1.82, 2.24) is 4.90 Å². The zero-order valence-corrected chi connectivity index (χ0v) is 11.7. The lowest BCUT2D eigenvalue weighted by Crippen LogP contribution is -2.45. The lowest BCUT2D eigenvalue weighted by atomic mass is 10.0. The monoisotopic (exact) mass is 284 g/mol. The van der Waals surface area contributed by atoms with Crippen molar-refractivity contribution in [2.24, 2.45) is 0 Å². The lowest BCUT2D eigenvalue weighted by molar-refractivity contribution is 0.160. The number of nitrogens with zero attached hydrogens (tertiary/aromatic N) is 1. The van der Waals surface area contributed by atoms with Crippen LogP contribution in [-0.2, 0) is 0 Å². The minimum absolute atomic E-state index is 0.153. The summed E-state index contributed by atoms with van der Waals surface area (Å²) in [6, 6.07) is 4.10. The number of hydrogen-bond acceptors (Lipinski definition) is 1. The standard InChI is InChI=1S/C14H18ClFN2O/c1-2-11-5-3-4-8-18(11)14(19)17-13-7-6-10(16)9-12(13)15/h6-7,9,11H,2-5,8H2,1H3,(H,17,19)/t11-/m0/s1. The Bertz CT molecular complexity index is 467. The van der Waals surface area contributed by atoms with Gasteiger partial charge in [0.1, 0.15) is 5.82 Å². The van der Waals surface area contributed by atoms with Crippen LogP contribution in [0, 0.1) is 5.82 Å². The summed E-state index contributed by atoms with van der Waals surface area (Å²) in [5, 5.41) is 2.98. The lowest BCUT2D eigenvalue weighted by Gasteiger charge is -2.35. The van der Waals surface area contributed by atoms with Crippen LogP contribution in [0.15, 0.2) is 18.2 Å². The number of amides is 2. The van der Waals surface area contributed by atoms with Crippen LogP contribution in [0.4, 0.5) is 14.9 Å². The third-order valence-electron chi connectivity index (χ3n) is 3.53. The first-order valence-electron chi connectivity index (χ1n) is 6.64. The molecule has 1 saturated heterocycles. The molecule has 2 amide bonds. The Kier molecular flexibility index (Phi) is 4.64. The van der Waals surface area contributed by atoms with Crippen molar-refractivity contribution in [1.29, 1.82) is 0 Å². The number of rotatable bonds is 2. The van der Waals surface area contributed by atoms with Crippen LogP contribution < -0.4 is 5.32 Å². The topological polar surface area (TPSA) is 32.3 Å². The first kappa shape index (κ1) is 14.1. The van der Waals surface area contributed by atoms with Gasteiger partial charge in [0.25, 0.3) is 0 Å². The van der Waals surface area contributed by atoms with E-state index in [0.29, 0.717) is 5.69 Å². The van der Waals surface area contributed by atoms with E-state index in [1.807, 2.05) is 4.90 Å². The molecule has 1 heterocycles. The van der Waals surface area contributed by atoms with Crippen LogP contribution in [0.1, 0.15) is 32.6 Å². The van der Waals surface area contributed by atoms with Gasteiger partial charge >= 0.3 is 6.03 Å². The van der Waals surface area contributed by atoms with Gasteiger partial charge in [0.05, 0.1) is 10.7 Å². The summed E-state index contributed by atoms with van der Waals surface area (Å²) in [6.45, 7) is 2.85. The Morgan fingerprint density at radius 2 is 2.32 bits per heavy atom. The van der Waals surface area contributed by atoms with E-state index in [-0.39, 0.29) is 17.1 Å². The largest absolute Gasteiger partial charge is 0.322 e. The zero-order chi connectivity index (χ0) is 13.8. The minimum Gasteiger partial charge on any atom is -0.322 e. The number of hydrogen-bond donors (Lipinski definition) is 1. The molecular formula is C14H18ClFN2O. The summed E-state index contributed by atoms with van der Waals surface area (Å²) in [6.07, 6.45) is 4.19. The molecule has 1 atom stereocenters. The fourth-order valence-electron chi connectivity index (χ4n) is 2.47. The second-order valence-electron chi connectivity index (χ2n) is 4.81. The molecule has 0 aliphatic carbocycles. The molecule has 0 bridgehead atoms. The molecule has 0 unspecified atom stereocenters. The van der Waals surface area contributed by atoms with Gasteiger partial charge in [-0.3, -0.25) is 0 Å². The predicted octanol–water partition coefficient (Wildman–Crippen LogP) is 4.28. The quantitative estimate of drug-likeness (QED) is 0.864. The Morgan fingerprint density at radius 3 is 3.00 bits per heavy atom. The fourth-order valence-corrected chi connectivity index (χ4v) is 2.68. The van der Waals surface area contributed by atoms with E-state index in [2.05, 4.69) is 12.2 Å². The number of carbonyl (C=O) groups is 1. The molecular weight excluding hydrogens is 267 g/mol. The molecule has 1 N–H and O–H groups in total. The Labute approximate surface area is 117 Å². The van der Waals surface area contributed by atoms with Crippen molar-refractivity contribution >= 4 is 23.3 Å². The summed E-state index contributed by atoms with van der Waals surface area (Å²) in [5.41, 5.74) is 0.452. The molecule has 0 spiro atoms. The fraction of sp³-hybridized carbons (Fsp3) is 0.500. The van der Waals surface area contributed by atoms with E-state index in [1.165, 1.54) is 24.6 Å². The van der Waals surface area contributed by atoms with Gasteiger partial charge in [-0.1, -0.05) is 18.5 Å². The van der Waals surface area contributed by atoms with Gasteiger partial charge in [-0.25, -0.2) is 9.18 Å². The molecule has 0 saturated carbocycles. The van der Waals surface area contributed by atoms with Crippen LogP contribution in [0.25, 0.3) is 0 Å². The second-order valence-corrected chi connectivity index (χ2v) is 5.21. The number of benzene rings is 1. The molecule has 1 aliphatic rings. The highest BCUT2D eigenvalue weighted by Gasteiger charge is 2.25. The van der Waals surface area contributed by atoms with Gasteiger partial charge in [-0.05, 0) is 43.9 Å². The van der Waals surface area contributed by atoms with E-state index in [9.17, 15) is 9.18 Å². The molecule has 3 nitrogen and oxygen atoms in total. The summed E-state index contributed by atoms with van der Waals surface area (Å²) in [4.78, 5) is 14.1. The van der Waals surface area contributed by atoms with Crippen LogP contribution in [0.5, 0.6) is 0 Å². The van der Waals surface area contributed by atoms with Crippen molar-refractivity contribution in [2.75, 3.05) is 11.9 Å². The number of nitrogens with one attached hydrogen (secondary N) is 1. The highest BCUT2D eigenvalue weighted by molar-refractivity contribution is 6.33. The maximum Gasteiger partial charge on any atom is 0.322 e. The van der Waals surface area contributed by atoms with Crippen LogP contribution >= 0.6 is 11.6 Å². The third kappa shape index (κ3) is 3.38. The van der Waals surface area contributed by atoms with Gasteiger partial charge in [0, 0.05) is 12.6 Å². The number of carbonyl (C=O) groups excluding carboxylic acids is 1. The van der Waals surface area contributed by atoms with Crippen LogP contribution in [0.3, 0.4) is 0 Å². The first-order valence-corrected chi connectivity index (χ1v) is 7.02. The van der Waals surface area contributed by atoms with Crippen LogP contribution in [0.2, 0.25) is 5.02 Å². The molecule has 0 radical (unpaired) electrons. The maximum atomic E-state index is 12.9. The van der Waals surface area contributed by atoms with Crippen molar-refractivity contribution in [2.45, 2.75) is 38.6 Å². The number of likely N-dealkylation sites (tertiary alicyclic amines) is 1. The Morgan fingerprint density at radius 1 is 1.53 bits per heavy atom. The molecule has 2 rings (SSSR count). The molecule has 0 aromatic heterocycles. The van der Waals surface area contributed by atoms with E-state index in [1.54, 1.807) is 0 Å². The molecule has 1 aromatic rings. The summed E-state index contributed by atoms with van der Waals surface area (Å²) >= 11 is 5.91. The Hall–Kier alpha value is -1.29. The molecule has 1 aliphatic heterocycles. The van der Waals surface area contributed by atoms with Gasteiger partial charge in [-0.2, -0.15) is 0 Å². The maximum absolute atomic E-state index is 12.9. The average molecular weight is 285 g/mol. The van der Waals surface area contributed by atoms with E-state index >= 15 is 0 Å². The minimum atomic E-state index is -0.410. The number of urea groups is 1. The first-order chi connectivity index (χ1) is 9.11. The van der Waals surface area contributed by atoms with Crippen molar-refractivity contribution in [3.8, 4) is 0 Å². The highest BCUT2D eigenvalue weighted by Crippen LogP contribution is 2.25. The second kappa shape index (κ2) is 6.24. The van der Waals surface area contributed by atoms with Gasteiger partial charge < -0.3 is 10.2 Å². The van der Waals surface area contributed by atoms with E-state index in [4.69, 9.17) is 11.6 Å². The van der Waals surface area contributed by atoms with Gasteiger partial charge in [0.15, 0.2) is 0 Å². The van der Waals surface area contributed by atoms with Crippen molar-refractivity contribution < 1.29 is 9.18 Å². The van der Waals surface area contributed by atoms with E-state index in [0.717, 1.165) is 25.8 Å². The van der Waals surface area contributed by atoms with Gasteiger partial charge in [-0.15, -0.1) is 0 Å². The number of halogens is 2. The van der Waals surface area contributed by atoms with Gasteiger partial charge in [0.2, 0.25) is 0 Å². The SMILES string of the molecule is CC[C@H]1CCCCN1C(=O)Nc1ccc(F)cc1Cl. The molecule has 104 valence electrons. The van der Waals surface area contributed by atoms with E-state index < -0.39 is 5.82 Å². The third-order valence-corrected chi connectivity index (χ3v) is 3.84. The molecule has 19 heavy (non-hydrogen) atoms. The number of anilines is 1. The molecule has 1 fully saturated rings. The molecule has 1 aromatic carbocycles. The smallest absolute Gasteiger partial charge is 0.322 e. The summed E-state index contributed by atoms with van der Waals surface area (Å²) in [5.74, 6) is -0.410. The highest BCUT2D eigenvalue weighted by atomic mass is 35.5. The van der Waals surface area contributed by atoms with Crippen LogP contribution in [-0.4, -0.2) is 23.5 Å². The van der Waals surface area contributed by atoms with Crippen molar-refractivity contribution in [3.05, 3.63) is 29.0 Å². The Balaban J connectivity index is 2.07. The summed E-state index contributed by atoms with van der Waals surface area (Å²) in [7, 11) is 0. The predicted molar refractivity (Wildman–Crippen MR) is 75.1 cm³/mol. The normalized spacial score (nSPS) is 19.3. The zero-order valence-electron chi connectivity index (χ0n) is 11.0.